The Bertz CT molecular complexity index is 351. The van der Waals surface area contributed by atoms with Crippen LogP contribution in [0.15, 0.2) is 24.3 Å². The summed E-state index contributed by atoms with van der Waals surface area (Å²) in [7, 11) is 1.69. The van der Waals surface area contributed by atoms with Crippen LogP contribution < -0.4 is 10.1 Å². The van der Waals surface area contributed by atoms with E-state index in [1.165, 1.54) is 5.56 Å². The highest BCUT2D eigenvalue weighted by Crippen LogP contribution is 2.12. The second kappa shape index (κ2) is 10.7. The molecule has 0 fully saturated rings. The van der Waals surface area contributed by atoms with E-state index < -0.39 is 0 Å². The quantitative estimate of drug-likeness (QED) is 0.500. The van der Waals surface area contributed by atoms with Crippen molar-refractivity contribution in [2.75, 3.05) is 33.4 Å². The lowest BCUT2D eigenvalue weighted by Gasteiger charge is -2.17. The van der Waals surface area contributed by atoms with E-state index >= 15 is 0 Å². The number of benzene rings is 1. The van der Waals surface area contributed by atoms with E-state index in [1.807, 2.05) is 26.0 Å². The Hall–Kier alpha value is -1.10. The van der Waals surface area contributed by atoms with Gasteiger partial charge in [0.2, 0.25) is 0 Å². The van der Waals surface area contributed by atoms with Crippen molar-refractivity contribution >= 4 is 0 Å². The molecule has 0 heterocycles. The van der Waals surface area contributed by atoms with Crippen molar-refractivity contribution in [2.24, 2.45) is 0 Å². The van der Waals surface area contributed by atoms with Gasteiger partial charge in [-0.05, 0) is 51.1 Å². The van der Waals surface area contributed by atoms with E-state index in [0.717, 1.165) is 31.7 Å². The number of ether oxygens (including phenoxy) is 3. The molecule has 0 radical (unpaired) electrons. The van der Waals surface area contributed by atoms with Gasteiger partial charge in [-0.1, -0.05) is 12.1 Å². The average Bonchev–Trinajstić information content (AvgIpc) is 2.47. The smallest absolute Gasteiger partial charge is 0.158 e. The molecule has 4 nitrogen and oxygen atoms in total. The molecule has 1 aromatic rings. The molecule has 4 heteroatoms. The SMILES string of the molecule is CCOC(CCNCCc1cccc(OC)c1)OCC. The van der Waals surface area contributed by atoms with Crippen LogP contribution in [0.25, 0.3) is 0 Å². The van der Waals surface area contributed by atoms with E-state index in [9.17, 15) is 0 Å². The van der Waals surface area contributed by atoms with Crippen LogP contribution in [0.1, 0.15) is 25.8 Å². The minimum atomic E-state index is -0.0886. The molecule has 1 rings (SSSR count). The molecule has 1 N–H and O–H groups in total. The summed E-state index contributed by atoms with van der Waals surface area (Å²) in [5, 5.41) is 3.42. The number of hydrogen-bond acceptors (Lipinski definition) is 4. The Morgan fingerprint density at radius 2 is 1.85 bits per heavy atom. The third-order valence-electron chi connectivity index (χ3n) is 2.99. The summed E-state index contributed by atoms with van der Waals surface area (Å²) in [6.07, 6.45) is 1.78. The molecule has 0 amide bonds. The zero-order valence-corrected chi connectivity index (χ0v) is 12.9. The molecule has 0 spiro atoms. The van der Waals surface area contributed by atoms with Crippen LogP contribution in [0, 0.1) is 0 Å². The number of methoxy groups -OCH3 is 1. The normalized spacial score (nSPS) is 11.0. The molecule has 0 saturated heterocycles. The van der Waals surface area contributed by atoms with Crippen molar-refractivity contribution < 1.29 is 14.2 Å². The highest BCUT2D eigenvalue weighted by atomic mass is 16.7. The van der Waals surface area contributed by atoms with Crippen LogP contribution in [0.5, 0.6) is 5.75 Å². The minimum Gasteiger partial charge on any atom is -0.497 e. The van der Waals surface area contributed by atoms with Gasteiger partial charge in [-0.2, -0.15) is 0 Å². The van der Waals surface area contributed by atoms with Crippen LogP contribution in [0.4, 0.5) is 0 Å². The molecular formula is C16H27NO3. The van der Waals surface area contributed by atoms with E-state index in [1.54, 1.807) is 7.11 Å². The van der Waals surface area contributed by atoms with Gasteiger partial charge in [0.1, 0.15) is 5.75 Å². The highest BCUT2D eigenvalue weighted by Gasteiger charge is 2.06. The Kier molecular flexibility index (Phi) is 9.04. The second-order valence-corrected chi connectivity index (χ2v) is 4.48. The van der Waals surface area contributed by atoms with Crippen molar-refractivity contribution in [2.45, 2.75) is 33.0 Å². The first-order valence-electron chi connectivity index (χ1n) is 7.37. The summed E-state index contributed by atoms with van der Waals surface area (Å²) in [4.78, 5) is 0. The predicted octanol–water partition coefficient (Wildman–Crippen LogP) is 2.62. The van der Waals surface area contributed by atoms with Crippen molar-refractivity contribution in [1.82, 2.24) is 5.32 Å². The van der Waals surface area contributed by atoms with E-state index in [-0.39, 0.29) is 6.29 Å². The lowest BCUT2D eigenvalue weighted by atomic mass is 10.1. The van der Waals surface area contributed by atoms with Crippen LogP contribution in [0.2, 0.25) is 0 Å². The second-order valence-electron chi connectivity index (χ2n) is 4.48. The van der Waals surface area contributed by atoms with Crippen LogP contribution in [-0.4, -0.2) is 39.7 Å². The highest BCUT2D eigenvalue weighted by molar-refractivity contribution is 5.28. The third kappa shape index (κ3) is 6.89. The van der Waals surface area contributed by atoms with Crippen LogP contribution >= 0.6 is 0 Å². The molecule has 0 unspecified atom stereocenters. The lowest BCUT2D eigenvalue weighted by molar-refractivity contribution is -0.138. The largest absolute Gasteiger partial charge is 0.497 e. The van der Waals surface area contributed by atoms with Gasteiger partial charge in [-0.3, -0.25) is 0 Å². The van der Waals surface area contributed by atoms with Crippen molar-refractivity contribution in [3.8, 4) is 5.75 Å². The fourth-order valence-electron chi connectivity index (χ4n) is 1.99. The maximum Gasteiger partial charge on any atom is 0.158 e. The molecule has 0 saturated carbocycles. The molecule has 114 valence electrons. The fraction of sp³-hybridized carbons (Fsp3) is 0.625. The Morgan fingerprint density at radius 3 is 2.50 bits per heavy atom. The third-order valence-corrected chi connectivity index (χ3v) is 2.99. The molecular weight excluding hydrogens is 254 g/mol. The minimum absolute atomic E-state index is 0.0886. The Balaban J connectivity index is 2.17. The van der Waals surface area contributed by atoms with Gasteiger partial charge in [0.05, 0.1) is 7.11 Å². The van der Waals surface area contributed by atoms with Crippen LogP contribution in [-0.2, 0) is 15.9 Å². The summed E-state index contributed by atoms with van der Waals surface area (Å²) in [6, 6.07) is 8.18. The summed E-state index contributed by atoms with van der Waals surface area (Å²) >= 11 is 0. The summed E-state index contributed by atoms with van der Waals surface area (Å²) in [6.45, 7) is 7.19. The van der Waals surface area contributed by atoms with Crippen molar-refractivity contribution in [3.63, 3.8) is 0 Å². The molecule has 0 aromatic heterocycles. The average molecular weight is 281 g/mol. The monoisotopic (exact) mass is 281 g/mol. The summed E-state index contributed by atoms with van der Waals surface area (Å²) in [5.74, 6) is 0.912. The molecule has 0 aliphatic carbocycles. The molecule has 0 aliphatic rings. The predicted molar refractivity (Wildman–Crippen MR) is 81.2 cm³/mol. The lowest BCUT2D eigenvalue weighted by Crippen LogP contribution is -2.26. The van der Waals surface area contributed by atoms with Crippen molar-refractivity contribution in [1.29, 1.82) is 0 Å². The molecule has 1 aromatic carbocycles. The standard InChI is InChI=1S/C16H27NO3/c1-4-19-16(20-5-2)10-12-17-11-9-14-7-6-8-15(13-14)18-3/h6-8,13,16-17H,4-5,9-12H2,1-3H3. The van der Waals surface area contributed by atoms with Gasteiger partial charge in [0.25, 0.3) is 0 Å². The fourth-order valence-corrected chi connectivity index (χ4v) is 1.99. The molecule has 0 atom stereocenters. The van der Waals surface area contributed by atoms with Crippen molar-refractivity contribution in [3.05, 3.63) is 29.8 Å². The Morgan fingerprint density at radius 1 is 1.10 bits per heavy atom. The molecule has 20 heavy (non-hydrogen) atoms. The zero-order valence-electron chi connectivity index (χ0n) is 12.9. The maximum absolute atomic E-state index is 5.50. The number of nitrogens with one attached hydrogen (secondary N) is 1. The zero-order chi connectivity index (χ0) is 14.6. The van der Waals surface area contributed by atoms with Gasteiger partial charge in [-0.25, -0.2) is 0 Å². The van der Waals surface area contributed by atoms with E-state index in [2.05, 4.69) is 17.4 Å². The number of hydrogen-bond donors (Lipinski definition) is 1. The Labute approximate surface area is 122 Å². The molecule has 0 aliphatic heterocycles. The van der Waals surface area contributed by atoms with E-state index in [0.29, 0.717) is 13.2 Å². The van der Waals surface area contributed by atoms with Gasteiger partial charge in [0, 0.05) is 19.6 Å². The van der Waals surface area contributed by atoms with Gasteiger partial charge < -0.3 is 19.5 Å². The first kappa shape index (κ1) is 17.0. The topological polar surface area (TPSA) is 39.7 Å². The van der Waals surface area contributed by atoms with E-state index in [4.69, 9.17) is 14.2 Å². The number of rotatable bonds is 11. The van der Waals surface area contributed by atoms with Gasteiger partial charge in [0.15, 0.2) is 6.29 Å². The first-order chi connectivity index (χ1) is 9.80. The van der Waals surface area contributed by atoms with Gasteiger partial charge in [-0.15, -0.1) is 0 Å². The van der Waals surface area contributed by atoms with Crippen LogP contribution in [0.3, 0.4) is 0 Å². The molecule has 0 bridgehead atoms. The van der Waals surface area contributed by atoms with Gasteiger partial charge >= 0.3 is 0 Å². The maximum atomic E-state index is 5.50. The summed E-state index contributed by atoms with van der Waals surface area (Å²) < 4.78 is 16.2. The summed E-state index contributed by atoms with van der Waals surface area (Å²) in [5.41, 5.74) is 1.28. The first-order valence-corrected chi connectivity index (χ1v) is 7.37.